The fourth-order valence-corrected chi connectivity index (χ4v) is 2.81. The molecule has 106 valence electrons. The normalized spacial score (nSPS) is 14.0. The molecule has 1 amide bonds. The average Bonchev–Trinajstić information content (AvgIpc) is 2.71. The lowest BCUT2D eigenvalue weighted by Gasteiger charge is -2.12. The number of fused-ring (bicyclic) bond motifs is 2. The maximum absolute atomic E-state index is 11.9. The Kier molecular flexibility index (Phi) is 2.97. The monoisotopic (exact) mass is 286 g/mol. The highest BCUT2D eigenvalue weighted by atomic mass is 16.1. The third-order valence-corrected chi connectivity index (χ3v) is 3.84. The number of carbonyl (C=O) groups excluding carboxylic acids is 1. The van der Waals surface area contributed by atoms with E-state index < -0.39 is 0 Å². The first-order valence-corrected chi connectivity index (χ1v) is 7.24. The summed E-state index contributed by atoms with van der Waals surface area (Å²) in [7, 11) is 0. The molecule has 0 atom stereocenters. The Morgan fingerprint density at radius 3 is 2.32 bits per heavy atom. The van der Waals surface area contributed by atoms with Crippen molar-refractivity contribution >= 4 is 28.1 Å². The average molecular weight is 286 g/mol. The van der Waals surface area contributed by atoms with E-state index in [1.807, 2.05) is 54.6 Å². The van der Waals surface area contributed by atoms with Gasteiger partial charge in [0.25, 0.3) is 0 Å². The summed E-state index contributed by atoms with van der Waals surface area (Å²) >= 11 is 0. The number of aliphatic imine (C=N–C) groups is 1. The molecule has 0 saturated heterocycles. The van der Waals surface area contributed by atoms with E-state index in [9.17, 15) is 4.79 Å². The molecule has 0 aromatic heterocycles. The van der Waals surface area contributed by atoms with Gasteiger partial charge in [0.1, 0.15) is 6.54 Å². The van der Waals surface area contributed by atoms with Gasteiger partial charge >= 0.3 is 0 Å². The maximum Gasteiger partial charge on any atom is 0.246 e. The van der Waals surface area contributed by atoms with Crippen molar-refractivity contribution in [1.82, 2.24) is 0 Å². The molecule has 22 heavy (non-hydrogen) atoms. The van der Waals surface area contributed by atoms with Gasteiger partial charge in [-0.15, -0.1) is 0 Å². The Hall–Kier alpha value is -2.94. The van der Waals surface area contributed by atoms with E-state index >= 15 is 0 Å². The van der Waals surface area contributed by atoms with E-state index in [0.29, 0.717) is 0 Å². The van der Waals surface area contributed by atoms with Crippen molar-refractivity contribution < 1.29 is 4.79 Å². The molecule has 1 N–H and O–H groups in total. The van der Waals surface area contributed by atoms with Gasteiger partial charge in [0.2, 0.25) is 5.91 Å². The first-order chi connectivity index (χ1) is 10.8. The highest BCUT2D eigenvalue weighted by molar-refractivity contribution is 6.20. The zero-order valence-electron chi connectivity index (χ0n) is 11.9. The van der Waals surface area contributed by atoms with E-state index in [4.69, 9.17) is 0 Å². The highest BCUT2D eigenvalue weighted by Crippen LogP contribution is 2.28. The molecule has 3 aromatic rings. The van der Waals surface area contributed by atoms with Crippen LogP contribution in [0.3, 0.4) is 0 Å². The van der Waals surface area contributed by atoms with Gasteiger partial charge < -0.3 is 5.32 Å². The summed E-state index contributed by atoms with van der Waals surface area (Å²) in [6, 6.07) is 22.2. The van der Waals surface area contributed by atoms with E-state index in [1.165, 1.54) is 0 Å². The molecule has 1 heterocycles. The minimum Gasteiger partial charge on any atom is -0.324 e. The standard InChI is InChI=1S/C19H14N2O/c22-18-12-20-19(13-6-2-1-3-7-13)16-10-14-8-4-5-9-15(14)11-17(16)21-18/h1-11H,12H2,(H,21,22). The van der Waals surface area contributed by atoms with E-state index in [-0.39, 0.29) is 12.5 Å². The maximum atomic E-state index is 11.9. The van der Waals surface area contributed by atoms with Crippen molar-refractivity contribution in [1.29, 1.82) is 0 Å². The van der Waals surface area contributed by atoms with Gasteiger partial charge in [0, 0.05) is 11.1 Å². The number of hydrogen-bond acceptors (Lipinski definition) is 2. The third-order valence-electron chi connectivity index (χ3n) is 3.84. The molecule has 0 saturated carbocycles. The van der Waals surface area contributed by atoms with Crippen LogP contribution in [0.1, 0.15) is 11.1 Å². The molecular weight excluding hydrogens is 272 g/mol. The number of amides is 1. The van der Waals surface area contributed by atoms with Crippen LogP contribution < -0.4 is 5.32 Å². The summed E-state index contributed by atoms with van der Waals surface area (Å²) < 4.78 is 0. The first-order valence-electron chi connectivity index (χ1n) is 7.24. The smallest absolute Gasteiger partial charge is 0.246 e. The lowest BCUT2D eigenvalue weighted by atomic mass is 9.97. The van der Waals surface area contributed by atoms with Crippen molar-refractivity contribution in [2.75, 3.05) is 11.9 Å². The Balaban J connectivity index is 1.98. The van der Waals surface area contributed by atoms with Crippen molar-refractivity contribution in [3.63, 3.8) is 0 Å². The minimum atomic E-state index is -0.0811. The Bertz CT molecular complexity index is 898. The summed E-state index contributed by atoms with van der Waals surface area (Å²) in [4.78, 5) is 16.5. The molecule has 3 heteroatoms. The molecule has 1 aliphatic heterocycles. The van der Waals surface area contributed by atoms with E-state index in [1.54, 1.807) is 0 Å². The molecule has 0 bridgehead atoms. The van der Waals surface area contributed by atoms with Gasteiger partial charge in [-0.05, 0) is 22.9 Å². The fourth-order valence-electron chi connectivity index (χ4n) is 2.81. The van der Waals surface area contributed by atoms with Gasteiger partial charge in [-0.25, -0.2) is 0 Å². The number of benzene rings is 3. The Labute approximate surface area is 128 Å². The molecule has 0 aliphatic carbocycles. The van der Waals surface area contributed by atoms with Crippen LogP contribution in [0.25, 0.3) is 10.8 Å². The van der Waals surface area contributed by atoms with Gasteiger partial charge in [0.05, 0.1) is 11.4 Å². The van der Waals surface area contributed by atoms with Crippen LogP contribution in [0.4, 0.5) is 5.69 Å². The van der Waals surface area contributed by atoms with E-state index in [0.717, 1.165) is 33.3 Å². The van der Waals surface area contributed by atoms with Crippen molar-refractivity contribution in [3.8, 4) is 0 Å². The number of rotatable bonds is 1. The number of nitrogens with one attached hydrogen (secondary N) is 1. The molecule has 0 fully saturated rings. The van der Waals surface area contributed by atoms with Crippen molar-refractivity contribution in [3.05, 3.63) is 77.9 Å². The fraction of sp³-hybridized carbons (Fsp3) is 0.0526. The molecule has 4 rings (SSSR count). The summed E-state index contributed by atoms with van der Waals surface area (Å²) in [6.07, 6.45) is 0. The molecule has 0 spiro atoms. The Morgan fingerprint density at radius 2 is 1.55 bits per heavy atom. The second kappa shape index (κ2) is 5.11. The molecule has 3 aromatic carbocycles. The number of anilines is 1. The first kappa shape index (κ1) is 12.8. The Morgan fingerprint density at radius 1 is 0.864 bits per heavy atom. The number of carbonyl (C=O) groups is 1. The molecular formula is C19H14N2O. The van der Waals surface area contributed by atoms with Crippen molar-refractivity contribution in [2.24, 2.45) is 4.99 Å². The summed E-state index contributed by atoms with van der Waals surface area (Å²) in [6.45, 7) is 0.148. The lowest BCUT2D eigenvalue weighted by Crippen LogP contribution is -2.13. The highest BCUT2D eigenvalue weighted by Gasteiger charge is 2.18. The minimum absolute atomic E-state index is 0.0811. The van der Waals surface area contributed by atoms with Gasteiger partial charge in [-0.1, -0.05) is 54.6 Å². The predicted octanol–water partition coefficient (Wildman–Crippen LogP) is 3.63. The second-order valence-corrected chi connectivity index (χ2v) is 5.32. The molecule has 0 radical (unpaired) electrons. The lowest BCUT2D eigenvalue weighted by molar-refractivity contribution is -0.114. The second-order valence-electron chi connectivity index (χ2n) is 5.32. The van der Waals surface area contributed by atoms with Gasteiger partial charge in [0.15, 0.2) is 0 Å². The van der Waals surface area contributed by atoms with Gasteiger partial charge in [-0.2, -0.15) is 0 Å². The summed E-state index contributed by atoms with van der Waals surface area (Å²) in [5.74, 6) is -0.0811. The zero-order chi connectivity index (χ0) is 14.9. The predicted molar refractivity (Wildman–Crippen MR) is 89.5 cm³/mol. The quantitative estimate of drug-likeness (QED) is 0.729. The largest absolute Gasteiger partial charge is 0.324 e. The number of nitrogens with zero attached hydrogens (tertiary/aromatic N) is 1. The molecule has 3 nitrogen and oxygen atoms in total. The zero-order valence-corrected chi connectivity index (χ0v) is 11.9. The topological polar surface area (TPSA) is 41.5 Å². The van der Waals surface area contributed by atoms with Crippen LogP contribution >= 0.6 is 0 Å². The molecule has 1 aliphatic rings. The van der Waals surface area contributed by atoms with Crippen LogP contribution in [0.5, 0.6) is 0 Å². The van der Waals surface area contributed by atoms with Crippen LogP contribution in [-0.2, 0) is 4.79 Å². The van der Waals surface area contributed by atoms with Gasteiger partial charge in [-0.3, -0.25) is 9.79 Å². The third kappa shape index (κ3) is 2.17. The SMILES string of the molecule is O=C1CN=C(c2ccccc2)c2cc3ccccc3cc2N1. The van der Waals surface area contributed by atoms with E-state index in [2.05, 4.69) is 22.4 Å². The summed E-state index contributed by atoms with van der Waals surface area (Å²) in [5.41, 5.74) is 3.68. The van der Waals surface area contributed by atoms with Crippen molar-refractivity contribution in [2.45, 2.75) is 0 Å². The molecule has 0 unspecified atom stereocenters. The summed E-state index contributed by atoms with van der Waals surface area (Å²) in [5, 5.41) is 5.21. The van der Waals surface area contributed by atoms with Crippen LogP contribution in [0.15, 0.2) is 71.7 Å². The van der Waals surface area contributed by atoms with Crippen LogP contribution in [0, 0.1) is 0 Å². The van der Waals surface area contributed by atoms with Crippen LogP contribution in [-0.4, -0.2) is 18.2 Å². The number of hydrogen-bond donors (Lipinski definition) is 1. The van der Waals surface area contributed by atoms with Crippen LogP contribution in [0.2, 0.25) is 0 Å².